The number of aromatic nitrogens is 2. The van der Waals surface area contributed by atoms with Crippen molar-refractivity contribution in [2.75, 3.05) is 11.3 Å². The van der Waals surface area contributed by atoms with Gasteiger partial charge in [0.15, 0.2) is 0 Å². The second-order valence-corrected chi connectivity index (χ2v) is 9.58. The summed E-state index contributed by atoms with van der Waals surface area (Å²) in [5, 5.41) is 3.36. The number of aryl methyl sites for hydroxylation is 1. The minimum absolute atomic E-state index is 0.0402. The van der Waals surface area contributed by atoms with E-state index in [2.05, 4.69) is 48.1 Å². The number of fused-ring (bicyclic) bond motifs is 1. The molecular formula is C21H21BrN4O3S. The largest absolute Gasteiger partial charge is 0.470 e. The van der Waals surface area contributed by atoms with Crippen molar-refractivity contribution in [3.05, 3.63) is 75.5 Å². The van der Waals surface area contributed by atoms with Gasteiger partial charge in [0.2, 0.25) is 5.82 Å². The van der Waals surface area contributed by atoms with Crippen LogP contribution < -0.4 is 14.8 Å². The normalized spacial score (nSPS) is 13.5. The highest BCUT2D eigenvalue weighted by Crippen LogP contribution is 2.26. The zero-order chi connectivity index (χ0) is 21.1. The Hall–Kier alpha value is -2.49. The molecule has 0 amide bonds. The first-order chi connectivity index (χ1) is 14.4. The average molecular weight is 489 g/mol. The summed E-state index contributed by atoms with van der Waals surface area (Å²) in [5.41, 5.74) is 4.54. The van der Waals surface area contributed by atoms with Gasteiger partial charge in [0.1, 0.15) is 11.2 Å². The standard InChI is InChI=1S/C21H21BrN4O3S/c1-14-2-6-18(7-3-14)30(27,28)26-20-21(25-19(22)12-24-20)29-13-15-4-5-16-8-9-23-11-17(16)10-15/h2-7,10,12,23H,8-9,11,13H2,1H3,(H,24,26). The number of halogens is 1. The van der Waals surface area contributed by atoms with Crippen molar-refractivity contribution >= 4 is 31.8 Å². The Morgan fingerprint density at radius 1 is 1.17 bits per heavy atom. The van der Waals surface area contributed by atoms with Gasteiger partial charge in [0, 0.05) is 6.54 Å². The van der Waals surface area contributed by atoms with Crippen molar-refractivity contribution in [2.45, 2.75) is 31.4 Å². The molecule has 1 aromatic heterocycles. The molecule has 1 aliphatic rings. The molecule has 3 aromatic rings. The first-order valence-electron chi connectivity index (χ1n) is 9.47. The zero-order valence-corrected chi connectivity index (χ0v) is 18.8. The van der Waals surface area contributed by atoms with Gasteiger partial charge in [-0.1, -0.05) is 35.9 Å². The Morgan fingerprint density at radius 2 is 1.97 bits per heavy atom. The fraction of sp³-hybridized carbons (Fsp3) is 0.238. The summed E-state index contributed by atoms with van der Waals surface area (Å²) in [4.78, 5) is 8.56. The second kappa shape index (κ2) is 8.71. The van der Waals surface area contributed by atoms with Gasteiger partial charge in [-0.2, -0.15) is 0 Å². The molecule has 0 spiro atoms. The smallest absolute Gasteiger partial charge is 0.263 e. The van der Waals surface area contributed by atoms with E-state index in [4.69, 9.17) is 4.74 Å². The quantitative estimate of drug-likeness (QED) is 0.550. The number of ether oxygens (including phenoxy) is 1. The molecule has 7 nitrogen and oxygen atoms in total. The molecule has 156 valence electrons. The topological polar surface area (TPSA) is 93.2 Å². The highest BCUT2D eigenvalue weighted by atomic mass is 79.9. The van der Waals surface area contributed by atoms with Crippen molar-refractivity contribution in [2.24, 2.45) is 0 Å². The van der Waals surface area contributed by atoms with E-state index in [1.54, 1.807) is 24.3 Å². The van der Waals surface area contributed by atoms with Gasteiger partial charge in [-0.25, -0.2) is 18.4 Å². The molecule has 0 unspecified atom stereocenters. The van der Waals surface area contributed by atoms with Crippen molar-refractivity contribution in [1.29, 1.82) is 0 Å². The van der Waals surface area contributed by atoms with E-state index in [1.165, 1.54) is 17.3 Å². The Bertz CT molecular complexity index is 1170. The summed E-state index contributed by atoms with van der Waals surface area (Å²) in [5.74, 6) is 0.148. The molecule has 2 aromatic carbocycles. The fourth-order valence-electron chi connectivity index (χ4n) is 3.20. The summed E-state index contributed by atoms with van der Waals surface area (Å²) in [6, 6.07) is 12.8. The predicted molar refractivity (Wildman–Crippen MR) is 118 cm³/mol. The molecule has 0 radical (unpaired) electrons. The molecule has 30 heavy (non-hydrogen) atoms. The van der Waals surface area contributed by atoms with Gasteiger partial charge in [0.25, 0.3) is 15.9 Å². The highest BCUT2D eigenvalue weighted by Gasteiger charge is 2.19. The zero-order valence-electron chi connectivity index (χ0n) is 16.4. The number of anilines is 1. The van der Waals surface area contributed by atoms with Crippen LogP contribution in [-0.4, -0.2) is 24.9 Å². The lowest BCUT2D eigenvalue weighted by atomic mass is 9.99. The maximum Gasteiger partial charge on any atom is 0.263 e. The van der Waals surface area contributed by atoms with E-state index >= 15 is 0 Å². The first-order valence-corrected chi connectivity index (χ1v) is 11.7. The minimum Gasteiger partial charge on any atom is -0.470 e. The van der Waals surface area contributed by atoms with Crippen LogP contribution in [0.25, 0.3) is 0 Å². The number of sulfonamides is 1. The molecule has 1 aliphatic heterocycles. The fourth-order valence-corrected chi connectivity index (χ4v) is 4.47. The number of hydrogen-bond donors (Lipinski definition) is 2. The molecule has 0 fully saturated rings. The van der Waals surface area contributed by atoms with E-state index in [0.717, 1.165) is 30.6 Å². The lowest BCUT2D eigenvalue weighted by molar-refractivity contribution is 0.294. The third-order valence-corrected chi connectivity index (χ3v) is 6.54. The summed E-state index contributed by atoms with van der Waals surface area (Å²) >= 11 is 3.27. The van der Waals surface area contributed by atoms with E-state index in [-0.39, 0.29) is 23.2 Å². The van der Waals surface area contributed by atoms with Crippen LogP contribution in [0.4, 0.5) is 5.82 Å². The second-order valence-electron chi connectivity index (χ2n) is 7.08. The molecule has 2 heterocycles. The van der Waals surface area contributed by atoms with Crippen LogP contribution in [0.2, 0.25) is 0 Å². The van der Waals surface area contributed by atoms with Crippen LogP contribution >= 0.6 is 15.9 Å². The Balaban J connectivity index is 1.54. The van der Waals surface area contributed by atoms with Crippen LogP contribution in [0.1, 0.15) is 22.3 Å². The van der Waals surface area contributed by atoms with Crippen molar-refractivity contribution in [3.63, 3.8) is 0 Å². The van der Waals surface area contributed by atoms with Crippen molar-refractivity contribution in [1.82, 2.24) is 15.3 Å². The van der Waals surface area contributed by atoms with Crippen LogP contribution in [0, 0.1) is 6.92 Å². The minimum atomic E-state index is -3.82. The van der Waals surface area contributed by atoms with E-state index in [1.807, 2.05) is 13.0 Å². The summed E-state index contributed by atoms with van der Waals surface area (Å²) in [7, 11) is -3.82. The number of nitrogens with one attached hydrogen (secondary N) is 2. The first kappa shape index (κ1) is 20.8. The summed E-state index contributed by atoms with van der Waals surface area (Å²) < 4.78 is 34.2. The summed E-state index contributed by atoms with van der Waals surface area (Å²) in [6.45, 7) is 3.97. The van der Waals surface area contributed by atoms with Gasteiger partial charge < -0.3 is 10.1 Å². The number of hydrogen-bond acceptors (Lipinski definition) is 6. The number of benzene rings is 2. The molecule has 0 bridgehead atoms. The predicted octanol–water partition coefficient (Wildman–Crippen LogP) is 3.57. The molecule has 0 atom stereocenters. The van der Waals surface area contributed by atoms with Crippen LogP contribution in [0.5, 0.6) is 5.88 Å². The van der Waals surface area contributed by atoms with Gasteiger partial charge in [-0.05, 0) is 64.6 Å². The number of nitrogens with zero attached hydrogens (tertiary/aromatic N) is 2. The molecule has 9 heteroatoms. The van der Waals surface area contributed by atoms with Gasteiger partial charge in [-0.15, -0.1) is 0 Å². The third kappa shape index (κ3) is 4.80. The van der Waals surface area contributed by atoms with Crippen molar-refractivity contribution in [3.8, 4) is 5.88 Å². The average Bonchev–Trinajstić information content (AvgIpc) is 2.74. The van der Waals surface area contributed by atoms with Gasteiger partial charge in [0.05, 0.1) is 11.1 Å². The monoisotopic (exact) mass is 488 g/mol. The molecule has 0 saturated heterocycles. The molecule has 0 aliphatic carbocycles. The van der Waals surface area contributed by atoms with E-state index in [9.17, 15) is 8.42 Å². The summed E-state index contributed by atoms with van der Waals surface area (Å²) in [6.07, 6.45) is 2.43. The van der Waals surface area contributed by atoms with E-state index in [0.29, 0.717) is 4.60 Å². The maximum absolute atomic E-state index is 12.7. The highest BCUT2D eigenvalue weighted by molar-refractivity contribution is 9.10. The molecule has 0 saturated carbocycles. The van der Waals surface area contributed by atoms with Crippen LogP contribution in [-0.2, 0) is 29.6 Å². The lowest BCUT2D eigenvalue weighted by Gasteiger charge is -2.18. The van der Waals surface area contributed by atoms with Crippen LogP contribution in [0.3, 0.4) is 0 Å². The maximum atomic E-state index is 12.7. The Morgan fingerprint density at radius 3 is 2.77 bits per heavy atom. The molecule has 4 rings (SSSR count). The number of rotatable bonds is 6. The van der Waals surface area contributed by atoms with Crippen molar-refractivity contribution < 1.29 is 13.2 Å². The van der Waals surface area contributed by atoms with Gasteiger partial charge in [-0.3, -0.25) is 4.72 Å². The van der Waals surface area contributed by atoms with Gasteiger partial charge >= 0.3 is 0 Å². The third-order valence-electron chi connectivity index (χ3n) is 4.81. The Labute approximate surface area is 184 Å². The van der Waals surface area contributed by atoms with Crippen LogP contribution in [0.15, 0.2) is 58.2 Å². The SMILES string of the molecule is Cc1ccc(S(=O)(=O)Nc2ncc(Br)nc2OCc2ccc3c(c2)CNCC3)cc1. The molecule has 2 N–H and O–H groups in total. The molecular weight excluding hydrogens is 468 g/mol. The van der Waals surface area contributed by atoms with E-state index < -0.39 is 10.0 Å². The Kier molecular flexibility index (Phi) is 6.03. The lowest BCUT2D eigenvalue weighted by Crippen LogP contribution is -2.23.